The quantitative estimate of drug-likeness (QED) is 0.785. The third kappa shape index (κ3) is 2.95. The first-order valence-electron chi connectivity index (χ1n) is 6.60. The molecule has 0 saturated heterocycles. The Morgan fingerprint density at radius 1 is 1.06 bits per heavy atom. The van der Waals surface area contributed by atoms with Crippen LogP contribution in [0.5, 0.6) is 5.75 Å². The third-order valence-electron chi connectivity index (χ3n) is 4.25. The maximum atomic E-state index is 9.33. The molecule has 0 aromatic heterocycles. The van der Waals surface area contributed by atoms with Crippen LogP contribution < -0.4 is 0 Å². The van der Waals surface area contributed by atoms with Crippen LogP contribution in [0.15, 0.2) is 24.3 Å². The van der Waals surface area contributed by atoms with Crippen LogP contribution in [-0.4, -0.2) is 16.9 Å². The van der Waals surface area contributed by atoms with E-state index in [2.05, 4.69) is 0 Å². The van der Waals surface area contributed by atoms with E-state index in [1.807, 2.05) is 12.1 Å². The normalized spacial score (nSPS) is 17.2. The molecule has 1 N–H and O–H groups in total. The molecule has 0 spiro atoms. The monoisotopic (exact) mass is 286 g/mol. The van der Waals surface area contributed by atoms with E-state index in [-0.39, 0.29) is 5.41 Å². The summed E-state index contributed by atoms with van der Waals surface area (Å²) in [5.74, 6) is 2.17. The molecule has 1 nitrogen and oxygen atoms in total. The number of phenols is 1. The van der Waals surface area contributed by atoms with E-state index in [0.717, 1.165) is 6.42 Å². The highest BCUT2D eigenvalue weighted by Gasteiger charge is 2.38. The van der Waals surface area contributed by atoms with Crippen LogP contribution >= 0.6 is 23.2 Å². The Bertz CT molecular complexity index is 365. The zero-order chi connectivity index (χ0) is 13.0. The van der Waals surface area contributed by atoms with Gasteiger partial charge in [0.2, 0.25) is 0 Å². The summed E-state index contributed by atoms with van der Waals surface area (Å²) in [4.78, 5) is 0. The SMILES string of the molecule is Oc1ccc(CC(CCl)(CCl)C2CCCC2)cc1. The molecular formula is C15H20Cl2O. The second kappa shape index (κ2) is 6.16. The van der Waals surface area contributed by atoms with Crippen molar-refractivity contribution in [3.63, 3.8) is 0 Å². The molecule has 2 rings (SSSR count). The molecule has 0 heterocycles. The minimum atomic E-state index is 0.0105. The molecule has 0 atom stereocenters. The van der Waals surface area contributed by atoms with Crippen molar-refractivity contribution in [3.8, 4) is 5.75 Å². The number of hydrogen-bond acceptors (Lipinski definition) is 1. The molecule has 1 aromatic carbocycles. The molecule has 0 aliphatic heterocycles. The van der Waals surface area contributed by atoms with Crippen molar-refractivity contribution >= 4 is 23.2 Å². The van der Waals surface area contributed by atoms with Gasteiger partial charge in [-0.15, -0.1) is 23.2 Å². The van der Waals surface area contributed by atoms with Crippen molar-refractivity contribution in [1.82, 2.24) is 0 Å². The van der Waals surface area contributed by atoms with Crippen LogP contribution in [0.2, 0.25) is 0 Å². The number of hydrogen-bond donors (Lipinski definition) is 1. The molecule has 0 unspecified atom stereocenters. The Hall–Kier alpha value is -0.400. The summed E-state index contributed by atoms with van der Waals surface area (Å²) in [7, 11) is 0. The van der Waals surface area contributed by atoms with Gasteiger partial charge in [0.25, 0.3) is 0 Å². The van der Waals surface area contributed by atoms with Crippen molar-refractivity contribution in [2.24, 2.45) is 11.3 Å². The molecule has 1 fully saturated rings. The zero-order valence-corrected chi connectivity index (χ0v) is 12.1. The van der Waals surface area contributed by atoms with E-state index in [1.54, 1.807) is 12.1 Å². The van der Waals surface area contributed by atoms with Gasteiger partial charge in [-0.2, -0.15) is 0 Å². The van der Waals surface area contributed by atoms with Crippen molar-refractivity contribution in [2.75, 3.05) is 11.8 Å². The van der Waals surface area contributed by atoms with Crippen molar-refractivity contribution in [2.45, 2.75) is 32.1 Å². The van der Waals surface area contributed by atoms with Gasteiger partial charge in [0.1, 0.15) is 5.75 Å². The first-order valence-corrected chi connectivity index (χ1v) is 7.67. The van der Waals surface area contributed by atoms with E-state index < -0.39 is 0 Å². The van der Waals surface area contributed by atoms with Gasteiger partial charge in [0.05, 0.1) is 0 Å². The molecule has 1 saturated carbocycles. The number of halogens is 2. The van der Waals surface area contributed by atoms with Gasteiger partial charge in [0.15, 0.2) is 0 Å². The highest BCUT2D eigenvalue weighted by Crippen LogP contribution is 2.44. The van der Waals surface area contributed by atoms with Crippen molar-refractivity contribution in [1.29, 1.82) is 0 Å². The molecule has 1 aromatic rings. The predicted molar refractivity (Wildman–Crippen MR) is 77.6 cm³/mol. The zero-order valence-electron chi connectivity index (χ0n) is 10.5. The summed E-state index contributed by atoms with van der Waals surface area (Å²) in [6.45, 7) is 0. The summed E-state index contributed by atoms with van der Waals surface area (Å²) in [5, 5.41) is 9.33. The van der Waals surface area contributed by atoms with E-state index in [1.165, 1.54) is 31.2 Å². The predicted octanol–water partition coefficient (Wildman–Crippen LogP) is 4.59. The first-order chi connectivity index (χ1) is 8.70. The number of aromatic hydroxyl groups is 1. The van der Waals surface area contributed by atoms with E-state index in [9.17, 15) is 5.11 Å². The molecule has 1 aliphatic carbocycles. The molecule has 0 bridgehead atoms. The van der Waals surface area contributed by atoms with Gasteiger partial charge in [-0.05, 0) is 42.9 Å². The number of alkyl halides is 2. The molecule has 3 heteroatoms. The fourth-order valence-electron chi connectivity index (χ4n) is 3.05. The Kier molecular flexibility index (Phi) is 4.80. The van der Waals surface area contributed by atoms with Crippen LogP contribution in [0, 0.1) is 11.3 Å². The Morgan fingerprint density at radius 3 is 2.11 bits per heavy atom. The number of benzene rings is 1. The fraction of sp³-hybridized carbons (Fsp3) is 0.600. The van der Waals surface area contributed by atoms with E-state index >= 15 is 0 Å². The van der Waals surface area contributed by atoms with Crippen LogP contribution in [0.25, 0.3) is 0 Å². The molecule has 100 valence electrons. The van der Waals surface area contributed by atoms with Gasteiger partial charge in [0, 0.05) is 17.2 Å². The van der Waals surface area contributed by atoms with Crippen LogP contribution in [-0.2, 0) is 6.42 Å². The minimum Gasteiger partial charge on any atom is -0.508 e. The molecule has 18 heavy (non-hydrogen) atoms. The van der Waals surface area contributed by atoms with Crippen LogP contribution in [0.4, 0.5) is 0 Å². The lowest BCUT2D eigenvalue weighted by molar-refractivity contribution is 0.225. The van der Waals surface area contributed by atoms with Crippen molar-refractivity contribution < 1.29 is 5.11 Å². The topological polar surface area (TPSA) is 20.2 Å². The lowest BCUT2D eigenvalue weighted by Gasteiger charge is -2.36. The lowest BCUT2D eigenvalue weighted by atomic mass is 9.73. The Balaban J connectivity index is 2.16. The largest absolute Gasteiger partial charge is 0.508 e. The fourth-order valence-corrected chi connectivity index (χ4v) is 3.96. The summed E-state index contributed by atoms with van der Waals surface area (Å²) in [5.41, 5.74) is 1.22. The summed E-state index contributed by atoms with van der Waals surface area (Å²) < 4.78 is 0. The molecule has 0 radical (unpaired) electrons. The maximum absolute atomic E-state index is 9.33. The Morgan fingerprint density at radius 2 is 1.61 bits per heavy atom. The van der Waals surface area contributed by atoms with Crippen LogP contribution in [0.1, 0.15) is 31.2 Å². The highest BCUT2D eigenvalue weighted by atomic mass is 35.5. The average Bonchev–Trinajstić information content (AvgIpc) is 2.93. The van der Waals surface area contributed by atoms with Gasteiger partial charge < -0.3 is 5.11 Å². The smallest absolute Gasteiger partial charge is 0.115 e. The van der Waals surface area contributed by atoms with E-state index in [0.29, 0.717) is 23.4 Å². The standard InChI is InChI=1S/C15H20Cl2O/c16-10-15(11-17,13-3-1-2-4-13)9-12-5-7-14(18)8-6-12/h5-8,13,18H,1-4,9-11H2. The summed E-state index contributed by atoms with van der Waals surface area (Å²) >= 11 is 12.5. The molecule has 0 amide bonds. The third-order valence-corrected chi connectivity index (χ3v) is 5.31. The van der Waals surface area contributed by atoms with E-state index in [4.69, 9.17) is 23.2 Å². The second-order valence-electron chi connectivity index (χ2n) is 5.45. The van der Waals surface area contributed by atoms with Crippen molar-refractivity contribution in [3.05, 3.63) is 29.8 Å². The molecule has 1 aliphatic rings. The lowest BCUT2D eigenvalue weighted by Crippen LogP contribution is -2.35. The minimum absolute atomic E-state index is 0.0105. The van der Waals surface area contributed by atoms with Crippen LogP contribution in [0.3, 0.4) is 0 Å². The second-order valence-corrected chi connectivity index (χ2v) is 5.99. The Labute approximate surface area is 119 Å². The van der Waals surface area contributed by atoms with Gasteiger partial charge >= 0.3 is 0 Å². The summed E-state index contributed by atoms with van der Waals surface area (Å²) in [6.07, 6.45) is 6.01. The highest BCUT2D eigenvalue weighted by molar-refractivity contribution is 6.21. The maximum Gasteiger partial charge on any atom is 0.115 e. The van der Waals surface area contributed by atoms with Gasteiger partial charge in [-0.3, -0.25) is 0 Å². The van der Waals surface area contributed by atoms with Gasteiger partial charge in [-0.1, -0.05) is 25.0 Å². The molecular weight excluding hydrogens is 267 g/mol. The summed E-state index contributed by atoms with van der Waals surface area (Å²) in [6, 6.07) is 7.41. The average molecular weight is 287 g/mol. The number of phenolic OH excluding ortho intramolecular Hbond substituents is 1. The van der Waals surface area contributed by atoms with Gasteiger partial charge in [-0.25, -0.2) is 0 Å². The first kappa shape index (κ1) is 14.0. The number of rotatable bonds is 5.